The van der Waals surface area contributed by atoms with Gasteiger partial charge in [-0.1, -0.05) is 23.7 Å². The summed E-state index contributed by atoms with van der Waals surface area (Å²) in [5.41, 5.74) is 3.55. The highest BCUT2D eigenvalue weighted by molar-refractivity contribution is 6.30. The van der Waals surface area contributed by atoms with Crippen LogP contribution in [0.15, 0.2) is 71.3 Å². The van der Waals surface area contributed by atoms with Gasteiger partial charge in [-0.15, -0.1) is 0 Å². The number of pyridine rings is 1. The van der Waals surface area contributed by atoms with Crippen LogP contribution in [0.5, 0.6) is 0 Å². The zero-order valence-electron chi connectivity index (χ0n) is 19.1. The smallest absolute Gasteiger partial charge is 0.336 e. The first kappa shape index (κ1) is 25.0. The van der Waals surface area contributed by atoms with E-state index in [1.54, 1.807) is 44.4 Å². The molecule has 0 aliphatic carbocycles. The number of hydrogen-bond acceptors (Lipinski definition) is 7. The second kappa shape index (κ2) is 12.0. The number of nitrogens with one attached hydrogen (secondary N) is 1. The molecule has 1 aliphatic heterocycles. The van der Waals surface area contributed by atoms with Crippen LogP contribution in [0.2, 0.25) is 5.02 Å². The molecule has 2 heterocycles. The molecule has 176 valence electrons. The van der Waals surface area contributed by atoms with Crippen molar-refractivity contribution < 1.29 is 19.1 Å². The lowest BCUT2D eigenvalue weighted by atomic mass is 9.80. The van der Waals surface area contributed by atoms with Crippen molar-refractivity contribution in [3.05, 3.63) is 87.5 Å². The number of esters is 2. The molecular formula is C26H26ClN3O4. The normalized spacial score (nSPS) is 15.4. The minimum atomic E-state index is -0.720. The molecule has 0 bridgehead atoms. The van der Waals surface area contributed by atoms with Gasteiger partial charge in [0.1, 0.15) is 6.61 Å². The van der Waals surface area contributed by atoms with Crippen LogP contribution in [-0.2, 0) is 25.5 Å². The highest BCUT2D eigenvalue weighted by Crippen LogP contribution is 2.39. The molecule has 1 aromatic carbocycles. The number of allylic oxidation sites excluding steroid dienone is 2. The molecule has 1 aliphatic rings. The Hall–Kier alpha value is -3.63. The minimum absolute atomic E-state index is 0.0359. The van der Waals surface area contributed by atoms with Crippen LogP contribution in [0.1, 0.15) is 43.7 Å². The Morgan fingerprint density at radius 2 is 1.71 bits per heavy atom. The molecule has 0 spiro atoms. The highest BCUT2D eigenvalue weighted by Gasteiger charge is 2.38. The molecule has 1 unspecified atom stereocenters. The van der Waals surface area contributed by atoms with Gasteiger partial charge in [0.2, 0.25) is 0 Å². The Morgan fingerprint density at radius 3 is 2.32 bits per heavy atom. The van der Waals surface area contributed by atoms with E-state index in [4.69, 9.17) is 26.3 Å². The number of aryl methyl sites for hydroxylation is 1. The van der Waals surface area contributed by atoms with Gasteiger partial charge in [0.15, 0.2) is 0 Å². The quantitative estimate of drug-likeness (QED) is 0.414. The van der Waals surface area contributed by atoms with E-state index in [0.29, 0.717) is 34.0 Å². The summed E-state index contributed by atoms with van der Waals surface area (Å²) in [6.07, 6.45) is 4.93. The van der Waals surface area contributed by atoms with Crippen molar-refractivity contribution in [3.8, 4) is 6.07 Å². The van der Waals surface area contributed by atoms with Crippen LogP contribution in [0.3, 0.4) is 0 Å². The third kappa shape index (κ3) is 6.24. The lowest BCUT2D eigenvalue weighted by Crippen LogP contribution is -2.32. The summed E-state index contributed by atoms with van der Waals surface area (Å²) < 4.78 is 10.9. The third-order valence-corrected chi connectivity index (χ3v) is 5.66. The summed E-state index contributed by atoms with van der Waals surface area (Å²) in [7, 11) is 0. The van der Waals surface area contributed by atoms with Crippen molar-refractivity contribution >= 4 is 23.5 Å². The number of benzene rings is 1. The third-order valence-electron chi connectivity index (χ3n) is 5.42. The summed E-state index contributed by atoms with van der Waals surface area (Å²) >= 11 is 6.23. The predicted octanol–water partition coefficient (Wildman–Crippen LogP) is 4.60. The van der Waals surface area contributed by atoms with Crippen LogP contribution in [-0.4, -0.2) is 30.1 Å². The molecule has 1 aromatic heterocycles. The van der Waals surface area contributed by atoms with Gasteiger partial charge in [0.05, 0.1) is 36.2 Å². The fraction of sp³-hybridized carbons (Fsp3) is 0.308. The number of halogens is 1. The van der Waals surface area contributed by atoms with Crippen molar-refractivity contribution in [3.63, 3.8) is 0 Å². The monoisotopic (exact) mass is 479 g/mol. The van der Waals surface area contributed by atoms with Crippen LogP contribution < -0.4 is 5.32 Å². The summed E-state index contributed by atoms with van der Waals surface area (Å²) in [5.74, 6) is -1.83. The van der Waals surface area contributed by atoms with Gasteiger partial charge in [0.25, 0.3) is 0 Å². The SMILES string of the molecule is CC1=C(C(=O)OCCC#N)C(c2cccc(Cl)c2)C(C(=O)OCCCc2ccncc2)=C(C)N1. The van der Waals surface area contributed by atoms with Crippen molar-refractivity contribution in [1.82, 2.24) is 10.3 Å². The highest BCUT2D eigenvalue weighted by atomic mass is 35.5. The molecule has 0 amide bonds. The molecule has 2 aromatic rings. The molecule has 8 heteroatoms. The molecule has 1 N–H and O–H groups in total. The summed E-state index contributed by atoms with van der Waals surface area (Å²) in [6.45, 7) is 3.71. The van der Waals surface area contributed by atoms with E-state index >= 15 is 0 Å². The summed E-state index contributed by atoms with van der Waals surface area (Å²) in [6, 6.07) is 12.8. The largest absolute Gasteiger partial charge is 0.462 e. The van der Waals surface area contributed by atoms with Gasteiger partial charge < -0.3 is 14.8 Å². The van der Waals surface area contributed by atoms with E-state index in [1.165, 1.54) is 0 Å². The van der Waals surface area contributed by atoms with E-state index in [0.717, 1.165) is 12.0 Å². The number of carbonyl (C=O) groups excluding carboxylic acids is 2. The molecule has 0 saturated heterocycles. The number of aromatic nitrogens is 1. The van der Waals surface area contributed by atoms with Gasteiger partial charge >= 0.3 is 11.9 Å². The maximum absolute atomic E-state index is 13.2. The zero-order chi connectivity index (χ0) is 24.5. The maximum atomic E-state index is 13.2. The molecule has 0 saturated carbocycles. The number of carbonyl (C=O) groups is 2. The standard InChI is InChI=1S/C26H26ClN3O4/c1-17-22(25(31)33-14-4-6-19-9-12-29-13-10-19)24(20-7-3-8-21(27)16-20)23(18(2)30-17)26(32)34-15-5-11-28/h3,7-10,12-13,16,24,30H,4-6,14-15H2,1-2H3. The average Bonchev–Trinajstić information content (AvgIpc) is 2.82. The van der Waals surface area contributed by atoms with Crippen molar-refractivity contribution in [2.45, 2.75) is 39.0 Å². The first-order chi connectivity index (χ1) is 16.4. The lowest BCUT2D eigenvalue weighted by Gasteiger charge is -2.30. The van der Waals surface area contributed by atoms with E-state index in [1.807, 2.05) is 24.3 Å². The number of ether oxygens (including phenoxy) is 2. The second-order valence-electron chi connectivity index (χ2n) is 7.83. The van der Waals surface area contributed by atoms with E-state index in [-0.39, 0.29) is 25.2 Å². The van der Waals surface area contributed by atoms with Crippen molar-refractivity contribution in [2.24, 2.45) is 0 Å². The van der Waals surface area contributed by atoms with Gasteiger partial charge in [-0.05, 0) is 62.1 Å². The Morgan fingerprint density at radius 1 is 1.06 bits per heavy atom. The number of nitrogens with zero attached hydrogens (tertiary/aromatic N) is 2. The zero-order valence-corrected chi connectivity index (χ0v) is 19.9. The number of nitriles is 1. The molecular weight excluding hydrogens is 454 g/mol. The van der Waals surface area contributed by atoms with Gasteiger partial charge in [0, 0.05) is 28.8 Å². The topological polar surface area (TPSA) is 101 Å². The van der Waals surface area contributed by atoms with Crippen LogP contribution in [0.4, 0.5) is 0 Å². The summed E-state index contributed by atoms with van der Waals surface area (Å²) in [5, 5.41) is 12.4. The van der Waals surface area contributed by atoms with Crippen LogP contribution >= 0.6 is 11.6 Å². The fourth-order valence-electron chi connectivity index (χ4n) is 3.89. The molecule has 7 nitrogen and oxygen atoms in total. The average molecular weight is 480 g/mol. The molecule has 34 heavy (non-hydrogen) atoms. The Kier molecular flexibility index (Phi) is 8.83. The Bertz CT molecular complexity index is 1150. The first-order valence-electron chi connectivity index (χ1n) is 11.0. The minimum Gasteiger partial charge on any atom is -0.462 e. The number of hydrogen-bond donors (Lipinski definition) is 1. The number of rotatable bonds is 9. The van der Waals surface area contributed by atoms with E-state index in [9.17, 15) is 9.59 Å². The van der Waals surface area contributed by atoms with Gasteiger partial charge in [-0.25, -0.2) is 9.59 Å². The maximum Gasteiger partial charge on any atom is 0.336 e. The van der Waals surface area contributed by atoms with Crippen molar-refractivity contribution in [2.75, 3.05) is 13.2 Å². The molecule has 0 radical (unpaired) electrons. The number of dihydropyridines is 1. The van der Waals surface area contributed by atoms with E-state index in [2.05, 4.69) is 10.3 Å². The van der Waals surface area contributed by atoms with Gasteiger partial charge in [-0.3, -0.25) is 4.98 Å². The molecule has 0 fully saturated rings. The fourth-order valence-corrected chi connectivity index (χ4v) is 4.09. The van der Waals surface area contributed by atoms with Crippen LogP contribution in [0, 0.1) is 11.3 Å². The molecule has 1 atom stereocenters. The summed E-state index contributed by atoms with van der Waals surface area (Å²) in [4.78, 5) is 30.2. The molecule has 3 rings (SSSR count). The van der Waals surface area contributed by atoms with E-state index < -0.39 is 17.9 Å². The second-order valence-corrected chi connectivity index (χ2v) is 8.27. The van der Waals surface area contributed by atoms with Gasteiger partial charge in [-0.2, -0.15) is 5.26 Å². The first-order valence-corrected chi connectivity index (χ1v) is 11.3. The Balaban J connectivity index is 1.84. The predicted molar refractivity (Wildman–Crippen MR) is 127 cm³/mol. The van der Waals surface area contributed by atoms with Crippen LogP contribution in [0.25, 0.3) is 0 Å². The van der Waals surface area contributed by atoms with Crippen molar-refractivity contribution in [1.29, 1.82) is 5.26 Å². The Labute approximate surface area is 204 Å². The lowest BCUT2D eigenvalue weighted by molar-refractivity contribution is -0.140.